The Hall–Kier alpha value is -2.63. The lowest BCUT2D eigenvalue weighted by Gasteiger charge is -2.06. The van der Waals surface area contributed by atoms with Gasteiger partial charge in [0.15, 0.2) is 0 Å². The number of benzene rings is 1. The van der Waals surface area contributed by atoms with E-state index in [4.69, 9.17) is 5.11 Å². The highest BCUT2D eigenvalue weighted by Crippen LogP contribution is 2.05. The van der Waals surface area contributed by atoms with Crippen LogP contribution in [0.15, 0.2) is 43.0 Å². The summed E-state index contributed by atoms with van der Waals surface area (Å²) in [6, 6.07) is 5.98. The van der Waals surface area contributed by atoms with Gasteiger partial charge in [0.2, 0.25) is 0 Å². The molecule has 0 radical (unpaired) electrons. The largest absolute Gasteiger partial charge is 0.478 e. The van der Waals surface area contributed by atoms with Crippen LogP contribution >= 0.6 is 0 Å². The van der Waals surface area contributed by atoms with Gasteiger partial charge in [0.05, 0.1) is 11.9 Å². The molecular formula is C14H15N3O3. The van der Waals surface area contributed by atoms with Crippen molar-refractivity contribution >= 4 is 11.9 Å². The van der Waals surface area contributed by atoms with Crippen molar-refractivity contribution in [3.05, 3.63) is 54.1 Å². The van der Waals surface area contributed by atoms with E-state index in [1.165, 1.54) is 12.1 Å². The number of imidazole rings is 1. The van der Waals surface area contributed by atoms with Crippen LogP contribution < -0.4 is 5.32 Å². The summed E-state index contributed by atoms with van der Waals surface area (Å²) in [5.74, 6) is -1.31. The normalized spacial score (nSPS) is 10.2. The smallest absolute Gasteiger partial charge is 0.335 e. The highest BCUT2D eigenvalue weighted by Gasteiger charge is 2.08. The molecule has 0 aliphatic rings. The van der Waals surface area contributed by atoms with Crippen molar-refractivity contribution in [2.75, 3.05) is 6.54 Å². The number of nitrogens with zero attached hydrogens (tertiary/aromatic N) is 2. The number of aromatic nitrogens is 2. The van der Waals surface area contributed by atoms with E-state index in [2.05, 4.69) is 10.3 Å². The molecule has 2 N–H and O–H groups in total. The number of aromatic carboxylic acids is 1. The zero-order valence-corrected chi connectivity index (χ0v) is 10.8. The van der Waals surface area contributed by atoms with Gasteiger partial charge in [-0.2, -0.15) is 0 Å². The summed E-state index contributed by atoms with van der Waals surface area (Å²) < 4.78 is 1.93. The van der Waals surface area contributed by atoms with Gasteiger partial charge >= 0.3 is 5.97 Å². The van der Waals surface area contributed by atoms with Gasteiger partial charge in [-0.3, -0.25) is 4.79 Å². The Bertz CT molecular complexity index is 593. The van der Waals surface area contributed by atoms with Gasteiger partial charge in [0.25, 0.3) is 5.91 Å². The van der Waals surface area contributed by atoms with Crippen LogP contribution in [0.3, 0.4) is 0 Å². The Kier molecular flexibility index (Phi) is 4.49. The van der Waals surface area contributed by atoms with Crippen LogP contribution in [-0.2, 0) is 6.54 Å². The molecule has 0 saturated heterocycles. The van der Waals surface area contributed by atoms with E-state index in [1.807, 2.05) is 10.8 Å². The van der Waals surface area contributed by atoms with Crippen molar-refractivity contribution in [3.63, 3.8) is 0 Å². The number of carboxylic acids is 1. The maximum Gasteiger partial charge on any atom is 0.335 e. The first-order valence-electron chi connectivity index (χ1n) is 6.24. The van der Waals surface area contributed by atoms with E-state index in [0.717, 1.165) is 13.0 Å². The monoisotopic (exact) mass is 273 g/mol. The summed E-state index contributed by atoms with van der Waals surface area (Å²) in [7, 11) is 0. The quantitative estimate of drug-likeness (QED) is 0.779. The summed E-state index contributed by atoms with van der Waals surface area (Å²) in [4.78, 5) is 26.6. The molecule has 6 heteroatoms. The van der Waals surface area contributed by atoms with Crippen LogP contribution in [0.25, 0.3) is 0 Å². The Morgan fingerprint density at radius 2 is 2.10 bits per heavy atom. The second kappa shape index (κ2) is 6.51. The van der Waals surface area contributed by atoms with Crippen LogP contribution in [0, 0.1) is 0 Å². The average Bonchev–Trinajstić information content (AvgIpc) is 2.96. The molecule has 6 nitrogen and oxygen atoms in total. The summed E-state index contributed by atoms with van der Waals surface area (Å²) in [6.07, 6.45) is 6.06. The molecule has 2 rings (SSSR count). The Morgan fingerprint density at radius 1 is 1.30 bits per heavy atom. The van der Waals surface area contributed by atoms with Crippen molar-refractivity contribution < 1.29 is 14.7 Å². The minimum absolute atomic E-state index is 0.107. The maximum atomic E-state index is 11.9. The number of nitrogens with one attached hydrogen (secondary N) is 1. The number of aryl methyl sites for hydroxylation is 1. The van der Waals surface area contributed by atoms with E-state index in [0.29, 0.717) is 12.1 Å². The summed E-state index contributed by atoms with van der Waals surface area (Å²) in [6.45, 7) is 1.30. The molecule has 0 spiro atoms. The first-order chi connectivity index (χ1) is 9.66. The van der Waals surface area contributed by atoms with Gasteiger partial charge in [0.1, 0.15) is 0 Å². The Labute approximate surface area is 116 Å². The van der Waals surface area contributed by atoms with Gasteiger partial charge in [-0.1, -0.05) is 6.07 Å². The fraction of sp³-hybridized carbons (Fsp3) is 0.214. The van der Waals surface area contributed by atoms with Gasteiger partial charge < -0.3 is 15.0 Å². The molecule has 2 aromatic rings. The second-order valence-corrected chi connectivity index (χ2v) is 4.30. The van der Waals surface area contributed by atoms with Gasteiger partial charge in [-0.25, -0.2) is 9.78 Å². The van der Waals surface area contributed by atoms with Crippen LogP contribution in [0.5, 0.6) is 0 Å². The highest BCUT2D eigenvalue weighted by atomic mass is 16.4. The lowest BCUT2D eigenvalue weighted by Crippen LogP contribution is -2.25. The lowest BCUT2D eigenvalue weighted by atomic mass is 10.1. The average molecular weight is 273 g/mol. The molecule has 0 aliphatic heterocycles. The van der Waals surface area contributed by atoms with Gasteiger partial charge in [-0.15, -0.1) is 0 Å². The molecule has 104 valence electrons. The number of carbonyl (C=O) groups is 2. The van der Waals surface area contributed by atoms with Gasteiger partial charge in [-0.05, 0) is 24.6 Å². The van der Waals surface area contributed by atoms with Crippen molar-refractivity contribution in [2.45, 2.75) is 13.0 Å². The zero-order valence-electron chi connectivity index (χ0n) is 10.8. The molecule has 0 fully saturated rings. The number of hydrogen-bond acceptors (Lipinski definition) is 3. The molecule has 1 heterocycles. The predicted octanol–water partition coefficient (Wildman–Crippen LogP) is 1.40. The molecule has 20 heavy (non-hydrogen) atoms. The molecule has 1 amide bonds. The first kappa shape index (κ1) is 13.8. The van der Waals surface area contributed by atoms with Crippen molar-refractivity contribution in [1.29, 1.82) is 0 Å². The standard InChI is InChI=1S/C14H15N3O3/c18-13(11-3-1-4-12(9-11)14(19)20)16-5-2-7-17-8-6-15-10-17/h1,3-4,6,8-10H,2,5,7H2,(H,16,18)(H,19,20). The van der Waals surface area contributed by atoms with E-state index in [1.54, 1.807) is 24.7 Å². The fourth-order valence-electron chi connectivity index (χ4n) is 1.78. The maximum absolute atomic E-state index is 11.9. The molecule has 0 saturated carbocycles. The second-order valence-electron chi connectivity index (χ2n) is 4.30. The predicted molar refractivity (Wildman–Crippen MR) is 72.6 cm³/mol. The van der Waals surface area contributed by atoms with Crippen LogP contribution in [-0.4, -0.2) is 33.1 Å². The first-order valence-corrected chi connectivity index (χ1v) is 6.24. The Morgan fingerprint density at radius 3 is 2.80 bits per heavy atom. The topological polar surface area (TPSA) is 84.2 Å². The summed E-state index contributed by atoms with van der Waals surface area (Å²) in [5.41, 5.74) is 0.462. The molecular weight excluding hydrogens is 258 g/mol. The molecule has 1 aromatic heterocycles. The van der Waals surface area contributed by atoms with Crippen molar-refractivity contribution in [1.82, 2.24) is 14.9 Å². The van der Waals surface area contributed by atoms with Crippen LogP contribution in [0.2, 0.25) is 0 Å². The van der Waals surface area contributed by atoms with E-state index >= 15 is 0 Å². The van der Waals surface area contributed by atoms with E-state index in [9.17, 15) is 9.59 Å². The number of rotatable bonds is 6. The van der Waals surface area contributed by atoms with Crippen molar-refractivity contribution in [2.24, 2.45) is 0 Å². The van der Waals surface area contributed by atoms with Crippen molar-refractivity contribution in [3.8, 4) is 0 Å². The molecule has 0 aliphatic carbocycles. The van der Waals surface area contributed by atoms with E-state index < -0.39 is 5.97 Å². The molecule has 0 atom stereocenters. The van der Waals surface area contributed by atoms with E-state index in [-0.39, 0.29) is 11.5 Å². The fourth-order valence-corrected chi connectivity index (χ4v) is 1.78. The molecule has 0 bridgehead atoms. The van der Waals surface area contributed by atoms with Crippen LogP contribution in [0.4, 0.5) is 0 Å². The summed E-state index contributed by atoms with van der Waals surface area (Å²) in [5, 5.41) is 11.6. The minimum Gasteiger partial charge on any atom is -0.478 e. The molecule has 0 unspecified atom stereocenters. The Balaban J connectivity index is 1.82. The SMILES string of the molecule is O=C(O)c1cccc(C(=O)NCCCn2ccnc2)c1. The third-order valence-corrected chi connectivity index (χ3v) is 2.81. The van der Waals surface area contributed by atoms with Gasteiger partial charge in [0, 0.05) is 31.0 Å². The minimum atomic E-state index is -1.04. The highest BCUT2D eigenvalue weighted by molar-refractivity contribution is 5.97. The summed E-state index contributed by atoms with van der Waals surface area (Å²) >= 11 is 0. The van der Waals surface area contributed by atoms with Crippen LogP contribution in [0.1, 0.15) is 27.1 Å². The number of carbonyl (C=O) groups excluding carboxylic acids is 1. The number of hydrogen-bond donors (Lipinski definition) is 2. The third-order valence-electron chi connectivity index (χ3n) is 2.81. The number of carboxylic acid groups (broad SMARTS) is 1. The third kappa shape index (κ3) is 3.68. The lowest BCUT2D eigenvalue weighted by molar-refractivity contribution is 0.0697. The molecule has 1 aromatic carbocycles. The number of amides is 1. The zero-order chi connectivity index (χ0) is 14.4.